The fraction of sp³-hybridized carbons (Fsp3) is 0.793. The Labute approximate surface area is 676 Å². The zero-order valence-corrected chi connectivity index (χ0v) is 68.8. The number of nitrogens with two attached hydrogens (primary N) is 1. The Kier molecular flexibility index (Phi) is 37.7. The van der Waals surface area contributed by atoms with Crippen LogP contribution >= 0.6 is 0 Å². The van der Waals surface area contributed by atoms with Crippen molar-refractivity contribution in [3.8, 4) is 5.75 Å². The Morgan fingerprint density at radius 1 is 0.325 bits per heavy atom. The first kappa shape index (κ1) is 90.8. The average molecular weight is 1600 g/mol. The van der Waals surface area contributed by atoms with Crippen molar-refractivity contribution in [2.45, 2.75) is 356 Å². The summed E-state index contributed by atoms with van der Waals surface area (Å²) in [7, 11) is 0. The normalized spacial score (nSPS) is 29.1. The molecule has 8 aliphatic carbocycles. The second-order valence-electron chi connectivity index (χ2n) is 35.7. The topological polar surface area (TPSA) is 470 Å². The molecular formula is C87H146N14O13+4. The Balaban J connectivity index is 0.776. The molecule has 0 saturated heterocycles. The first-order chi connectivity index (χ1) is 55.1. The molecule has 8 saturated carbocycles. The minimum Gasteiger partial charge on any atom is -0.508 e. The van der Waals surface area contributed by atoms with Crippen molar-refractivity contribution in [2.24, 2.45) is 64.9 Å². The van der Waals surface area contributed by atoms with E-state index >= 15 is 9.59 Å². The number of phenolic OH excluding ortho intramolecular Hbond substituents is 1. The van der Waals surface area contributed by atoms with Crippen molar-refractivity contribution in [1.82, 2.24) is 47.9 Å². The molecule has 8 unspecified atom stereocenters. The molecule has 24 N–H and O–H groups in total. The Morgan fingerprint density at radius 2 is 0.588 bits per heavy atom. The highest BCUT2D eigenvalue weighted by Gasteiger charge is 2.47. The van der Waals surface area contributed by atoms with E-state index in [0.29, 0.717) is 154 Å². The molecule has 0 spiro atoms. The van der Waals surface area contributed by atoms with E-state index in [-0.39, 0.29) is 114 Å². The highest BCUT2D eigenvalue weighted by Crippen LogP contribution is 2.40. The molecule has 27 heteroatoms. The smallest absolute Gasteiger partial charge is 0.226 e. The molecular weight excluding hydrogens is 1450 g/mol. The van der Waals surface area contributed by atoms with E-state index in [4.69, 9.17) is 5.73 Å². The summed E-state index contributed by atoms with van der Waals surface area (Å²) in [6, 6.07) is 2.69. The Morgan fingerprint density at radius 3 is 0.930 bits per heavy atom. The van der Waals surface area contributed by atoms with Crippen LogP contribution in [0.3, 0.4) is 0 Å². The van der Waals surface area contributed by atoms with Crippen LogP contribution in [0.4, 0.5) is 0 Å². The molecule has 27 nitrogen and oxygen atoms in total. The summed E-state index contributed by atoms with van der Waals surface area (Å²) >= 11 is 0. The van der Waals surface area contributed by atoms with Crippen LogP contribution in [-0.4, -0.2) is 156 Å². The zero-order chi connectivity index (χ0) is 81.5. The number of nitrogens with one attached hydrogen (secondary N) is 9. The Bertz CT molecular complexity index is 3310. The number of phenols is 1. The van der Waals surface area contributed by atoms with Gasteiger partial charge in [-0.25, -0.2) is 0 Å². The number of Topliss-reactive ketones (excluding diaryl/α,β-unsaturated/α-hetero) is 2. The zero-order valence-electron chi connectivity index (χ0n) is 68.8. The molecule has 9 rings (SSSR count). The number of hydrogen-bond donors (Lipinski definition) is 15. The lowest BCUT2D eigenvalue weighted by atomic mass is 9.69. The SMILES string of the molecule is NC(=O)C1CCCC[C@@H]1NC(=O)C1CCCC[C@@H]1NC(=O)C[C@H](CCCC[NH3+])NC(=O)C1CCCC[C@H]1C(=O)C1CCCC[C@@H]1NC(=O)C[C@H](CCCC[NH3+])NC(=O)C1CCCC[C@H]1C(=O)C1CCCC[C@@H]1NC(=O)C[C@H](CCCC[NH3+])NC(=O)C1CCCC[C@@H]1NC(=O)C1CCCC[C@@H]1NC(=O)C[C@@H]([NH3+])Cc1ccc(O)cc1. The fourth-order valence-corrected chi connectivity index (χ4v) is 20.8. The average Bonchev–Trinajstić information content (AvgIpc) is 0.808. The number of hydrogen-bond acceptors (Lipinski definition) is 13. The number of primary amides is 1. The van der Waals surface area contributed by atoms with Crippen molar-refractivity contribution in [3.63, 3.8) is 0 Å². The van der Waals surface area contributed by atoms with Gasteiger partial charge in [0.1, 0.15) is 17.3 Å². The molecule has 638 valence electrons. The number of unbranched alkanes of at least 4 members (excludes halogenated alkanes) is 3. The van der Waals surface area contributed by atoms with Crippen molar-refractivity contribution in [1.29, 1.82) is 0 Å². The maximum absolute atomic E-state index is 15.2. The van der Waals surface area contributed by atoms with Crippen LogP contribution in [0.25, 0.3) is 0 Å². The standard InChI is InChI=1S/C87H142N14O13/c88-46-20-17-23-56(51-77(104)96-70-36-11-5-30-64(70)80(107)61-27-2-4-29-63(61)84(111)94-57(24-18-21-47-89)52-79(106)99-74-40-15-9-34-68(74)86(113)100-72-38-13-7-32-66(72)82(92)109)93-83(110)62-28-3-1-26-60(62)81(108)65-31-6-12-37-71(65)97-78(105)53-58(25-19-22-48-90)95-85(112)69-35-10-16-41-75(69)101-87(114)67-33-8-14-39-73(67)98-76(103)50-55(91)49-54-42-44-59(102)45-43-54/h42-45,55-58,60-75,102H,1-41,46-53,88-91H2,(H2,92,109)(H,93,110)(H,94,111)(H,95,112)(H,96,104)(H,97,105)(H,98,103)(H,99,106)(H,100,113)(H,101,114)/p+4/t55-,56-,57-,58-,60+,61+,62?,63?,64?,65?,66?,67?,68?,69?,70-,71-,72-,73-,74-,75-/m0/s1. The van der Waals surface area contributed by atoms with E-state index in [9.17, 15) is 53.1 Å². The summed E-state index contributed by atoms with van der Waals surface area (Å²) in [5.41, 5.74) is 23.0. The van der Waals surface area contributed by atoms with E-state index in [1.807, 2.05) is 12.1 Å². The van der Waals surface area contributed by atoms with Crippen molar-refractivity contribution >= 4 is 70.6 Å². The first-order valence-electron chi connectivity index (χ1n) is 45.2. The van der Waals surface area contributed by atoms with Crippen LogP contribution in [0.1, 0.15) is 295 Å². The monoisotopic (exact) mass is 1600 g/mol. The predicted molar refractivity (Wildman–Crippen MR) is 431 cm³/mol. The van der Waals surface area contributed by atoms with Gasteiger partial charge < -0.3 is 81.6 Å². The van der Waals surface area contributed by atoms with E-state index in [2.05, 4.69) is 70.8 Å². The number of ketones is 2. The Hall–Kier alpha value is -7.10. The van der Waals surface area contributed by atoms with Gasteiger partial charge in [0.05, 0.1) is 55.8 Å². The summed E-state index contributed by atoms with van der Waals surface area (Å²) in [4.78, 5) is 171. The number of carbonyl (C=O) groups is 12. The van der Waals surface area contributed by atoms with Gasteiger partial charge in [-0.2, -0.15) is 0 Å². The lowest BCUT2D eigenvalue weighted by molar-refractivity contribution is -0.418. The third-order valence-electron chi connectivity index (χ3n) is 27.1. The largest absolute Gasteiger partial charge is 0.508 e. The van der Waals surface area contributed by atoms with Crippen molar-refractivity contribution in [3.05, 3.63) is 29.8 Å². The van der Waals surface area contributed by atoms with Crippen LogP contribution in [0, 0.1) is 59.2 Å². The van der Waals surface area contributed by atoms with E-state index in [1.165, 1.54) is 0 Å². The van der Waals surface area contributed by atoms with E-state index in [0.717, 1.165) is 140 Å². The van der Waals surface area contributed by atoms with Crippen molar-refractivity contribution < 1.29 is 85.6 Å². The summed E-state index contributed by atoms with van der Waals surface area (Å²) in [5.74, 6) is -7.51. The molecule has 0 aliphatic heterocycles. The van der Waals surface area contributed by atoms with E-state index < -0.39 is 107 Å². The van der Waals surface area contributed by atoms with Gasteiger partial charge in [0, 0.05) is 116 Å². The second kappa shape index (κ2) is 47.3. The minimum absolute atomic E-state index is 0.00622. The van der Waals surface area contributed by atoms with Crippen LogP contribution in [0.2, 0.25) is 0 Å². The van der Waals surface area contributed by atoms with Crippen LogP contribution < -0.4 is 76.5 Å². The lowest BCUT2D eigenvalue weighted by Crippen LogP contribution is -2.63. The molecule has 0 aromatic heterocycles. The van der Waals surface area contributed by atoms with E-state index in [1.54, 1.807) is 12.1 Å². The van der Waals surface area contributed by atoms with Gasteiger partial charge in [-0.3, -0.25) is 57.5 Å². The van der Waals surface area contributed by atoms with Gasteiger partial charge in [-0.1, -0.05) is 115 Å². The molecule has 114 heavy (non-hydrogen) atoms. The summed E-state index contributed by atoms with van der Waals surface area (Å²) in [6.07, 6.45) is 29.6. The third-order valence-corrected chi connectivity index (χ3v) is 27.1. The van der Waals surface area contributed by atoms with Gasteiger partial charge in [0.2, 0.25) is 59.1 Å². The van der Waals surface area contributed by atoms with Crippen LogP contribution in [0.15, 0.2) is 24.3 Å². The molecule has 20 atom stereocenters. The number of amides is 10. The maximum atomic E-state index is 15.2. The molecule has 0 radical (unpaired) electrons. The number of aromatic hydroxyl groups is 1. The van der Waals surface area contributed by atoms with Crippen LogP contribution in [0.5, 0.6) is 5.75 Å². The van der Waals surface area contributed by atoms with Gasteiger partial charge in [-0.15, -0.1) is 0 Å². The highest BCUT2D eigenvalue weighted by atomic mass is 16.3. The summed E-state index contributed by atoms with van der Waals surface area (Å²) in [6.45, 7) is 2.08. The fourth-order valence-electron chi connectivity index (χ4n) is 20.8. The van der Waals surface area contributed by atoms with Gasteiger partial charge >= 0.3 is 0 Å². The number of carbonyl (C=O) groups excluding carboxylic acids is 12. The maximum Gasteiger partial charge on any atom is 0.226 e. The molecule has 0 heterocycles. The first-order valence-corrected chi connectivity index (χ1v) is 45.2. The molecule has 1 aromatic rings. The molecule has 1 aromatic carbocycles. The van der Waals surface area contributed by atoms with Crippen LogP contribution in [-0.2, 0) is 64.0 Å². The highest BCUT2D eigenvalue weighted by molar-refractivity contribution is 5.94. The summed E-state index contributed by atoms with van der Waals surface area (Å²) in [5, 5.41) is 38.8. The molecule has 8 fully saturated rings. The molecule has 8 aliphatic rings. The quantitative estimate of drug-likeness (QED) is 0.0412. The number of benzene rings is 1. The van der Waals surface area contributed by atoms with Gasteiger partial charge in [-0.05, 0) is 178 Å². The number of rotatable bonds is 41. The predicted octanol–water partition coefficient (Wildman–Crippen LogP) is 4.08. The van der Waals surface area contributed by atoms with Crippen molar-refractivity contribution in [2.75, 3.05) is 19.6 Å². The third kappa shape index (κ3) is 27.8. The van der Waals surface area contributed by atoms with Gasteiger partial charge in [0.15, 0.2) is 0 Å². The second-order valence-corrected chi connectivity index (χ2v) is 35.7. The minimum atomic E-state index is -0.627. The lowest BCUT2D eigenvalue weighted by Gasteiger charge is -2.38. The summed E-state index contributed by atoms with van der Waals surface area (Å²) < 4.78 is 0. The molecule has 0 bridgehead atoms. The van der Waals surface area contributed by atoms with Gasteiger partial charge in [0.25, 0.3) is 0 Å². The number of quaternary nitrogens is 4. The molecule has 10 amide bonds.